The first kappa shape index (κ1) is 22.8. The molecule has 0 unspecified atom stereocenters. The number of hydrogen-bond acceptors (Lipinski definition) is 2. The maximum absolute atomic E-state index is 13.9. The number of likely N-dealkylation sites (tertiary alicyclic amines) is 1. The molecule has 2 aromatic carbocycles. The van der Waals surface area contributed by atoms with Gasteiger partial charge in [-0.05, 0) is 42.4 Å². The molecule has 9 heteroatoms. The number of rotatable bonds is 4. The van der Waals surface area contributed by atoms with Gasteiger partial charge in [0.25, 0.3) is 0 Å². The summed E-state index contributed by atoms with van der Waals surface area (Å²) in [4.78, 5) is 15.6. The molecule has 1 aliphatic rings. The quantitative estimate of drug-likeness (QED) is 0.552. The molecular formula is C21H20Cl2F4N2O. The van der Waals surface area contributed by atoms with E-state index < -0.39 is 17.6 Å². The number of nitrogens with zero attached hydrogens (tertiary/aromatic N) is 2. The molecule has 1 heterocycles. The van der Waals surface area contributed by atoms with Gasteiger partial charge in [0.1, 0.15) is 5.82 Å². The van der Waals surface area contributed by atoms with Crippen molar-refractivity contribution in [2.45, 2.75) is 31.6 Å². The summed E-state index contributed by atoms with van der Waals surface area (Å²) >= 11 is 12.2. The molecule has 0 radical (unpaired) electrons. The van der Waals surface area contributed by atoms with Crippen LogP contribution >= 0.6 is 23.2 Å². The third-order valence-electron chi connectivity index (χ3n) is 5.44. The summed E-state index contributed by atoms with van der Waals surface area (Å²) < 4.78 is 52.3. The standard InChI is InChI=1S/C21H20Cl2F4N2O/c1-12(30)29-10-15(14-4-6-17(22)18(23)8-14)20(11-29)28(2)9-13-3-5-16(19(24)7-13)21(25,26)27/h3-8,15,20H,9-11H2,1-2H3/t15-,20-/m1/s1. The van der Waals surface area contributed by atoms with Gasteiger partial charge in [-0.1, -0.05) is 35.3 Å². The lowest BCUT2D eigenvalue weighted by Crippen LogP contribution is -2.37. The van der Waals surface area contributed by atoms with Crippen LogP contribution in [0, 0.1) is 5.82 Å². The first-order valence-corrected chi connectivity index (χ1v) is 9.99. The molecule has 0 spiro atoms. The highest BCUT2D eigenvalue weighted by Crippen LogP contribution is 2.35. The molecule has 0 N–H and O–H groups in total. The molecule has 2 aromatic rings. The Bertz CT molecular complexity index is 951. The first-order valence-electron chi connectivity index (χ1n) is 9.23. The fraction of sp³-hybridized carbons (Fsp3) is 0.381. The van der Waals surface area contributed by atoms with Crippen LogP contribution in [-0.4, -0.2) is 41.9 Å². The van der Waals surface area contributed by atoms with Crippen molar-refractivity contribution in [3.8, 4) is 0 Å². The second-order valence-electron chi connectivity index (χ2n) is 7.50. The summed E-state index contributed by atoms with van der Waals surface area (Å²) in [7, 11) is 1.80. The predicted molar refractivity (Wildman–Crippen MR) is 108 cm³/mol. The zero-order valence-corrected chi connectivity index (χ0v) is 17.8. The van der Waals surface area contributed by atoms with Crippen molar-refractivity contribution in [1.82, 2.24) is 9.80 Å². The highest BCUT2D eigenvalue weighted by Gasteiger charge is 2.38. The molecule has 0 bridgehead atoms. The van der Waals surface area contributed by atoms with Crippen LogP contribution in [0.4, 0.5) is 17.6 Å². The van der Waals surface area contributed by atoms with Gasteiger partial charge in [0, 0.05) is 38.5 Å². The van der Waals surface area contributed by atoms with Crippen LogP contribution in [0.3, 0.4) is 0 Å². The van der Waals surface area contributed by atoms with Gasteiger partial charge in [0.2, 0.25) is 5.91 Å². The van der Waals surface area contributed by atoms with E-state index in [2.05, 4.69) is 0 Å². The summed E-state index contributed by atoms with van der Waals surface area (Å²) in [6.07, 6.45) is -4.74. The Hall–Kier alpha value is -1.83. The average molecular weight is 463 g/mol. The number of benzene rings is 2. The average Bonchev–Trinajstić information content (AvgIpc) is 3.09. The molecule has 1 amide bonds. The Morgan fingerprint density at radius 2 is 1.83 bits per heavy atom. The van der Waals surface area contributed by atoms with Crippen LogP contribution < -0.4 is 0 Å². The van der Waals surface area contributed by atoms with Crippen molar-refractivity contribution in [3.05, 3.63) is 69.0 Å². The number of amides is 1. The van der Waals surface area contributed by atoms with E-state index in [1.807, 2.05) is 11.0 Å². The molecule has 3 nitrogen and oxygen atoms in total. The smallest absolute Gasteiger partial charge is 0.341 e. The van der Waals surface area contributed by atoms with E-state index in [4.69, 9.17) is 23.2 Å². The molecule has 1 fully saturated rings. The SMILES string of the molecule is CC(=O)N1C[C@H](c2ccc(Cl)c(Cl)c2)[C@H](N(C)Cc2ccc(C(F)(F)F)c(F)c2)C1. The maximum atomic E-state index is 13.9. The number of halogens is 6. The zero-order chi connectivity index (χ0) is 22.2. The van der Waals surface area contributed by atoms with Gasteiger partial charge in [-0.15, -0.1) is 0 Å². The second kappa shape index (κ2) is 8.73. The topological polar surface area (TPSA) is 23.6 Å². The Balaban J connectivity index is 1.84. The van der Waals surface area contributed by atoms with Crippen LogP contribution in [0.1, 0.15) is 29.5 Å². The van der Waals surface area contributed by atoms with Crippen molar-refractivity contribution in [1.29, 1.82) is 0 Å². The largest absolute Gasteiger partial charge is 0.419 e. The zero-order valence-electron chi connectivity index (χ0n) is 16.3. The predicted octanol–water partition coefficient (Wildman–Crippen LogP) is 5.60. The minimum Gasteiger partial charge on any atom is -0.341 e. The third-order valence-corrected chi connectivity index (χ3v) is 6.18. The van der Waals surface area contributed by atoms with Gasteiger partial charge in [-0.2, -0.15) is 13.2 Å². The Labute approximate surface area is 182 Å². The van der Waals surface area contributed by atoms with Crippen LogP contribution in [0.2, 0.25) is 10.0 Å². The maximum Gasteiger partial charge on any atom is 0.419 e. The van der Waals surface area contributed by atoms with Crippen molar-refractivity contribution in [2.24, 2.45) is 0 Å². The summed E-state index contributed by atoms with van der Waals surface area (Å²) in [5.74, 6) is -1.45. The van der Waals surface area contributed by atoms with Gasteiger partial charge in [-0.3, -0.25) is 9.69 Å². The van der Waals surface area contributed by atoms with Crippen molar-refractivity contribution in [3.63, 3.8) is 0 Å². The van der Waals surface area contributed by atoms with E-state index >= 15 is 0 Å². The number of carbonyl (C=O) groups is 1. The van der Waals surface area contributed by atoms with E-state index in [1.165, 1.54) is 13.0 Å². The lowest BCUT2D eigenvalue weighted by molar-refractivity contribution is -0.140. The van der Waals surface area contributed by atoms with Crippen LogP contribution in [-0.2, 0) is 17.5 Å². The molecule has 0 saturated carbocycles. The van der Waals surface area contributed by atoms with Gasteiger partial charge < -0.3 is 4.90 Å². The summed E-state index contributed by atoms with van der Waals surface area (Å²) in [6.45, 7) is 2.63. The fourth-order valence-electron chi connectivity index (χ4n) is 3.85. The van der Waals surface area contributed by atoms with Crippen LogP contribution in [0.15, 0.2) is 36.4 Å². The number of alkyl halides is 3. The molecular weight excluding hydrogens is 443 g/mol. The normalized spacial score (nSPS) is 19.6. The number of likely N-dealkylation sites (N-methyl/N-ethyl adjacent to an activating group) is 1. The van der Waals surface area contributed by atoms with Gasteiger partial charge in [0.15, 0.2) is 0 Å². The van der Waals surface area contributed by atoms with Gasteiger partial charge in [-0.25, -0.2) is 4.39 Å². The van der Waals surface area contributed by atoms with Gasteiger partial charge in [0.05, 0.1) is 15.6 Å². The van der Waals surface area contributed by atoms with Crippen molar-refractivity contribution in [2.75, 3.05) is 20.1 Å². The Kier molecular flexibility index (Phi) is 6.65. The fourth-order valence-corrected chi connectivity index (χ4v) is 4.16. The van der Waals surface area contributed by atoms with E-state index in [0.717, 1.165) is 17.7 Å². The van der Waals surface area contributed by atoms with Gasteiger partial charge >= 0.3 is 6.18 Å². The van der Waals surface area contributed by atoms with Crippen LogP contribution in [0.5, 0.6) is 0 Å². The number of hydrogen-bond donors (Lipinski definition) is 0. The molecule has 2 atom stereocenters. The Morgan fingerprint density at radius 3 is 2.40 bits per heavy atom. The summed E-state index contributed by atoms with van der Waals surface area (Å²) in [6, 6.07) is 8.11. The highest BCUT2D eigenvalue weighted by atomic mass is 35.5. The lowest BCUT2D eigenvalue weighted by atomic mass is 9.93. The molecule has 1 aliphatic heterocycles. The summed E-state index contributed by atoms with van der Waals surface area (Å²) in [5.41, 5.74) is 0.0342. The molecule has 3 rings (SSSR count). The van der Waals surface area contributed by atoms with E-state index in [0.29, 0.717) is 28.7 Å². The van der Waals surface area contributed by atoms with Crippen LogP contribution in [0.25, 0.3) is 0 Å². The summed E-state index contributed by atoms with van der Waals surface area (Å²) in [5, 5.41) is 0.827. The van der Waals surface area contributed by atoms with E-state index in [-0.39, 0.29) is 24.4 Å². The minimum absolute atomic E-state index is 0.0727. The Morgan fingerprint density at radius 1 is 1.13 bits per heavy atom. The number of carbonyl (C=O) groups excluding carboxylic acids is 1. The van der Waals surface area contributed by atoms with E-state index in [1.54, 1.807) is 24.1 Å². The minimum atomic E-state index is -4.74. The second-order valence-corrected chi connectivity index (χ2v) is 8.31. The molecule has 0 aliphatic carbocycles. The van der Waals surface area contributed by atoms with E-state index in [9.17, 15) is 22.4 Å². The molecule has 1 saturated heterocycles. The molecule has 162 valence electrons. The lowest BCUT2D eigenvalue weighted by Gasteiger charge is -2.29. The highest BCUT2D eigenvalue weighted by molar-refractivity contribution is 6.42. The van der Waals surface area contributed by atoms with Crippen molar-refractivity contribution >= 4 is 29.1 Å². The third kappa shape index (κ3) is 4.90. The monoisotopic (exact) mass is 462 g/mol. The first-order chi connectivity index (χ1) is 14.0. The molecule has 0 aromatic heterocycles. The van der Waals surface area contributed by atoms with Crippen molar-refractivity contribution < 1.29 is 22.4 Å². The molecule has 30 heavy (non-hydrogen) atoms.